The molecular weight excluding hydrogens is 385 g/mol. The first-order chi connectivity index (χ1) is 4.00. The van der Waals surface area contributed by atoms with Crippen molar-refractivity contribution in [2.75, 3.05) is 0 Å². The summed E-state index contributed by atoms with van der Waals surface area (Å²) in [4.78, 5) is 0. The molecule has 0 amide bonds. The Balaban J connectivity index is -0.0000000457. The van der Waals surface area contributed by atoms with Gasteiger partial charge >= 0.3 is 123 Å². The van der Waals surface area contributed by atoms with Crippen LogP contribution in [0.2, 0.25) is 7.94 Å². The summed E-state index contributed by atoms with van der Waals surface area (Å²) in [7, 11) is 0. The first-order valence-corrected chi connectivity index (χ1v) is 6.00. The van der Waals surface area contributed by atoms with E-state index in [9.17, 15) is 0 Å². The monoisotopic (exact) mass is 404 g/mol. The fourth-order valence-corrected chi connectivity index (χ4v) is 0. The summed E-state index contributed by atoms with van der Waals surface area (Å²) < 4.78 is 1.12. The van der Waals surface area contributed by atoms with E-state index in [-0.39, 0.29) is 35.9 Å². The van der Waals surface area contributed by atoms with Crippen molar-refractivity contribution < 1.29 is 0 Å². The molecule has 0 atom stereocenters. The normalized spacial score (nSPS) is 9.83. The van der Waals surface area contributed by atoms with Crippen molar-refractivity contribution in [3.05, 3.63) is 0 Å². The van der Waals surface area contributed by atoms with E-state index in [4.69, 9.17) is 0 Å². The predicted molar refractivity (Wildman–Crippen MR) is 65.2 cm³/mol. The van der Waals surface area contributed by atoms with Gasteiger partial charge in [-0.1, -0.05) is 0 Å². The Bertz CT molecular complexity index is 58.0. The molecule has 0 unspecified atom stereocenters. The molecule has 0 N–H and O–H groups in total. The fraction of sp³-hybridized carbons (Fsp3) is 1.00. The van der Waals surface area contributed by atoms with Gasteiger partial charge in [-0.05, 0) is 0 Å². The molecule has 0 spiro atoms. The van der Waals surface area contributed by atoms with Crippen LogP contribution in [0.25, 0.3) is 0 Å². The number of rotatable bonds is 0. The van der Waals surface area contributed by atoms with E-state index in [1.807, 2.05) is 0 Å². The van der Waals surface area contributed by atoms with Gasteiger partial charge in [-0.25, -0.2) is 0 Å². The molecule has 8 radical (unpaired) electrons. The van der Waals surface area contributed by atoms with Gasteiger partial charge in [-0.15, -0.1) is 0 Å². The van der Waals surface area contributed by atoms with Crippen LogP contribution in [0.3, 0.4) is 0 Å². The SMILES string of the molecule is C[C](C)(C)[Ga].C[C](C)(C)[Ga].[AsH].[AsH]. The topological polar surface area (TPSA) is 0 Å². The maximum atomic E-state index is 2.22. The van der Waals surface area contributed by atoms with Crippen LogP contribution >= 0.6 is 0 Å². The molecule has 0 saturated heterocycles. The quantitative estimate of drug-likeness (QED) is 0.535. The Hall–Kier alpha value is 2.39. The molecule has 0 aliphatic heterocycles. The Labute approximate surface area is 121 Å². The molecule has 0 aromatic rings. The second kappa shape index (κ2) is 9.93. The second-order valence-electron chi connectivity index (χ2n) is 4.73. The number of hydrogen-bond donors (Lipinski definition) is 0. The molecule has 68 valence electrons. The van der Waals surface area contributed by atoms with Gasteiger partial charge < -0.3 is 0 Å². The van der Waals surface area contributed by atoms with Gasteiger partial charge in [0.05, 0.1) is 0 Å². The van der Waals surface area contributed by atoms with Gasteiger partial charge in [0.25, 0.3) is 0 Å². The molecule has 0 saturated carbocycles. The third-order valence-corrected chi connectivity index (χ3v) is 0. The Morgan fingerprint density at radius 3 is 0.583 bits per heavy atom. The van der Waals surface area contributed by atoms with Crippen molar-refractivity contribution in [1.29, 1.82) is 0 Å². The molecule has 0 aromatic carbocycles. The minimum absolute atomic E-state index is 0. The molecule has 0 rings (SSSR count). The molecule has 0 heterocycles. The van der Waals surface area contributed by atoms with Crippen LogP contribution in [0.15, 0.2) is 0 Å². The first-order valence-electron chi connectivity index (χ1n) is 3.58. The van der Waals surface area contributed by atoms with Crippen LogP contribution in [0.4, 0.5) is 0 Å². The zero-order valence-corrected chi connectivity index (χ0v) is 18.2. The Morgan fingerprint density at radius 2 is 0.583 bits per heavy atom. The van der Waals surface area contributed by atoms with Crippen molar-refractivity contribution in [1.82, 2.24) is 0 Å². The number of hydrogen-bond acceptors (Lipinski definition) is 0. The Kier molecular flexibility index (Phi) is 19.8. The van der Waals surface area contributed by atoms with Gasteiger partial charge in [-0.3, -0.25) is 0 Å². The van der Waals surface area contributed by atoms with Crippen molar-refractivity contribution in [3.8, 4) is 0 Å². The zero-order chi connectivity index (χ0) is 9.00. The average molecular weight is 406 g/mol. The maximum absolute atomic E-state index is 2.22. The summed E-state index contributed by atoms with van der Waals surface area (Å²) in [5, 5.41) is 0. The third kappa shape index (κ3) is 281. The molecular formula is C8H20As2Ga2. The molecule has 12 heavy (non-hydrogen) atoms. The molecule has 0 aliphatic rings. The van der Waals surface area contributed by atoms with Crippen LogP contribution in [0, 0.1) is 0 Å². The molecule has 0 aromatic heterocycles. The van der Waals surface area contributed by atoms with E-state index < -0.39 is 0 Å². The van der Waals surface area contributed by atoms with Crippen molar-refractivity contribution in [2.24, 2.45) is 0 Å². The van der Waals surface area contributed by atoms with E-state index in [0.29, 0.717) is 7.94 Å². The van der Waals surface area contributed by atoms with E-state index in [0.717, 1.165) is 0 Å². The minimum atomic E-state index is 0. The van der Waals surface area contributed by atoms with Crippen LogP contribution in [0.1, 0.15) is 41.5 Å². The molecule has 0 fully saturated rings. The standard InChI is InChI=1S/2C4H9.2AsH.2Ga/c2*1-4(2)3;;;;/h2*1-3H3;2*1H;;. The van der Waals surface area contributed by atoms with Crippen LogP contribution < -0.4 is 0 Å². The average Bonchev–Trinajstić information content (AvgIpc) is 1.12. The van der Waals surface area contributed by atoms with E-state index >= 15 is 0 Å². The van der Waals surface area contributed by atoms with Gasteiger partial charge in [0.1, 0.15) is 0 Å². The van der Waals surface area contributed by atoms with Crippen LogP contribution in [0.5, 0.6) is 0 Å². The second-order valence-corrected chi connectivity index (χ2v) is 12.0. The van der Waals surface area contributed by atoms with Crippen LogP contribution in [-0.4, -0.2) is 73.1 Å². The first kappa shape index (κ1) is 23.9. The van der Waals surface area contributed by atoms with Gasteiger partial charge in [-0.2, -0.15) is 0 Å². The van der Waals surface area contributed by atoms with Crippen molar-refractivity contribution in [3.63, 3.8) is 0 Å². The zero-order valence-electron chi connectivity index (χ0n) is 9.15. The summed E-state index contributed by atoms with van der Waals surface area (Å²) in [5.74, 6) is 0. The van der Waals surface area contributed by atoms with E-state index in [2.05, 4.69) is 41.5 Å². The van der Waals surface area contributed by atoms with Crippen LogP contribution in [-0.2, 0) is 0 Å². The third-order valence-electron chi connectivity index (χ3n) is 0. The summed E-state index contributed by atoms with van der Waals surface area (Å²) in [6.07, 6.45) is 0. The predicted octanol–water partition coefficient (Wildman–Crippen LogP) is 1.45. The van der Waals surface area contributed by atoms with Crippen molar-refractivity contribution in [2.45, 2.75) is 49.5 Å². The summed E-state index contributed by atoms with van der Waals surface area (Å²) in [5.41, 5.74) is 0. The molecule has 0 aliphatic carbocycles. The fourth-order valence-electron chi connectivity index (χ4n) is 0. The van der Waals surface area contributed by atoms with Gasteiger partial charge in [0.15, 0.2) is 0 Å². The molecule has 0 nitrogen and oxygen atoms in total. The van der Waals surface area contributed by atoms with E-state index in [1.165, 1.54) is 0 Å². The van der Waals surface area contributed by atoms with E-state index in [1.54, 1.807) is 37.2 Å². The summed E-state index contributed by atoms with van der Waals surface area (Å²) in [6.45, 7) is 13.3. The molecule has 4 heteroatoms. The van der Waals surface area contributed by atoms with Gasteiger partial charge in [0, 0.05) is 0 Å². The summed E-state index contributed by atoms with van der Waals surface area (Å²) in [6, 6.07) is 0. The van der Waals surface area contributed by atoms with Gasteiger partial charge in [0.2, 0.25) is 0 Å². The Morgan fingerprint density at radius 1 is 0.583 bits per heavy atom. The summed E-state index contributed by atoms with van der Waals surface area (Å²) >= 11 is 3.58. The molecule has 0 bridgehead atoms. The van der Waals surface area contributed by atoms with Crippen molar-refractivity contribution >= 4 is 73.1 Å².